The van der Waals surface area contributed by atoms with Gasteiger partial charge in [0.1, 0.15) is 11.4 Å². The number of carbonyl (C=O) groups is 2. The number of hydrogen-bond acceptors (Lipinski definition) is 4. The van der Waals surface area contributed by atoms with E-state index in [1.807, 2.05) is 0 Å². The molecule has 1 aliphatic heterocycles. The Kier molecular flexibility index (Phi) is 7.18. The second kappa shape index (κ2) is 9.66. The van der Waals surface area contributed by atoms with Gasteiger partial charge in [0.25, 0.3) is 5.91 Å². The van der Waals surface area contributed by atoms with Gasteiger partial charge >= 0.3 is 6.09 Å². The molecule has 1 fully saturated rings. The van der Waals surface area contributed by atoms with Crippen molar-refractivity contribution < 1.29 is 18.7 Å². The van der Waals surface area contributed by atoms with E-state index in [0.717, 1.165) is 0 Å². The third kappa shape index (κ3) is 6.42. The summed E-state index contributed by atoms with van der Waals surface area (Å²) in [5.41, 5.74) is 0.995. The number of nitrogens with one attached hydrogen (secondary N) is 1. The Morgan fingerprint density at radius 2 is 1.71 bits per heavy atom. The van der Waals surface area contributed by atoms with Gasteiger partial charge in [0.2, 0.25) is 0 Å². The van der Waals surface area contributed by atoms with Gasteiger partial charge in [0.15, 0.2) is 0 Å². The van der Waals surface area contributed by atoms with Gasteiger partial charge in [-0.05, 0) is 57.2 Å². The van der Waals surface area contributed by atoms with Crippen LogP contribution < -0.4 is 5.32 Å². The van der Waals surface area contributed by atoms with Crippen molar-refractivity contribution in [2.24, 2.45) is 0 Å². The average Bonchev–Trinajstić information content (AvgIpc) is 2.70. The summed E-state index contributed by atoms with van der Waals surface area (Å²) >= 11 is 6.12. The molecule has 0 spiro atoms. The van der Waals surface area contributed by atoms with E-state index in [2.05, 4.69) is 10.2 Å². The lowest BCUT2D eigenvalue weighted by atomic mass is 10.1. The molecule has 0 aliphatic carbocycles. The zero-order valence-electron chi connectivity index (χ0n) is 18.0. The molecule has 31 heavy (non-hydrogen) atoms. The van der Waals surface area contributed by atoms with Crippen LogP contribution in [-0.2, 0) is 11.3 Å². The van der Waals surface area contributed by atoms with Crippen molar-refractivity contribution in [2.45, 2.75) is 32.9 Å². The van der Waals surface area contributed by atoms with E-state index in [0.29, 0.717) is 54.6 Å². The minimum atomic E-state index is -0.584. The van der Waals surface area contributed by atoms with Crippen molar-refractivity contribution in [3.8, 4) is 0 Å². The monoisotopic (exact) mass is 447 g/mol. The summed E-state index contributed by atoms with van der Waals surface area (Å²) in [5.74, 6) is -0.390. The lowest BCUT2D eigenvalue weighted by Crippen LogP contribution is -2.48. The molecule has 1 N–H and O–H groups in total. The Bertz CT molecular complexity index is 916. The molecule has 1 saturated heterocycles. The number of halogens is 2. The molecule has 0 saturated carbocycles. The van der Waals surface area contributed by atoms with Crippen LogP contribution in [0.5, 0.6) is 0 Å². The minimum Gasteiger partial charge on any atom is -0.444 e. The first-order valence-corrected chi connectivity index (χ1v) is 10.5. The Morgan fingerprint density at radius 1 is 1.06 bits per heavy atom. The molecule has 1 aliphatic rings. The maximum Gasteiger partial charge on any atom is 0.412 e. The fraction of sp³-hybridized carbons (Fsp3) is 0.391. The van der Waals surface area contributed by atoms with E-state index < -0.39 is 11.7 Å². The fourth-order valence-electron chi connectivity index (χ4n) is 3.32. The van der Waals surface area contributed by atoms with Gasteiger partial charge < -0.3 is 9.64 Å². The van der Waals surface area contributed by atoms with Crippen molar-refractivity contribution >= 4 is 29.3 Å². The number of ether oxygens (including phenoxy) is 1. The molecule has 0 bridgehead atoms. The molecule has 1 heterocycles. The highest BCUT2D eigenvalue weighted by Gasteiger charge is 2.23. The zero-order valence-corrected chi connectivity index (χ0v) is 18.7. The highest BCUT2D eigenvalue weighted by molar-refractivity contribution is 6.31. The molecule has 2 aromatic rings. The molecule has 0 unspecified atom stereocenters. The lowest BCUT2D eigenvalue weighted by Gasteiger charge is -2.35. The van der Waals surface area contributed by atoms with Gasteiger partial charge in [-0.2, -0.15) is 0 Å². The topological polar surface area (TPSA) is 61.9 Å². The van der Waals surface area contributed by atoms with Gasteiger partial charge in [0, 0.05) is 54.6 Å². The van der Waals surface area contributed by atoms with E-state index in [4.69, 9.17) is 16.3 Å². The summed E-state index contributed by atoms with van der Waals surface area (Å²) < 4.78 is 19.2. The quantitative estimate of drug-likeness (QED) is 0.732. The maximum atomic E-state index is 14.0. The Hall–Kier alpha value is -2.64. The summed E-state index contributed by atoms with van der Waals surface area (Å²) in [5, 5.41) is 3.06. The number of anilines is 1. The molecule has 0 atom stereocenters. The first-order chi connectivity index (χ1) is 14.6. The largest absolute Gasteiger partial charge is 0.444 e. The molecular weight excluding hydrogens is 421 g/mol. The highest BCUT2D eigenvalue weighted by atomic mass is 35.5. The predicted molar refractivity (Wildman–Crippen MR) is 119 cm³/mol. The molecule has 8 heteroatoms. The standard InChI is InChI=1S/C23H27ClFN3O3/c1-23(2,3)31-22(30)26-17-9-7-16(8-10-17)21(29)28-13-11-27(12-14-28)15-18-19(24)5-4-6-20(18)25/h4-10H,11-15H2,1-3H3,(H,26,30). The Balaban J connectivity index is 1.53. The fourth-order valence-corrected chi connectivity index (χ4v) is 3.54. The minimum absolute atomic E-state index is 0.0765. The number of hydrogen-bond donors (Lipinski definition) is 1. The van der Waals surface area contributed by atoms with Crippen LogP contribution in [0.4, 0.5) is 14.9 Å². The van der Waals surface area contributed by atoms with Gasteiger partial charge in [-0.25, -0.2) is 9.18 Å². The highest BCUT2D eigenvalue weighted by Crippen LogP contribution is 2.22. The first-order valence-electron chi connectivity index (χ1n) is 10.2. The number of carbonyl (C=O) groups excluding carboxylic acids is 2. The van der Waals surface area contributed by atoms with Gasteiger partial charge in [-0.15, -0.1) is 0 Å². The van der Waals surface area contributed by atoms with E-state index in [-0.39, 0.29) is 11.7 Å². The van der Waals surface area contributed by atoms with E-state index in [9.17, 15) is 14.0 Å². The van der Waals surface area contributed by atoms with Crippen molar-refractivity contribution in [1.29, 1.82) is 0 Å². The molecule has 3 rings (SSSR count). The summed E-state index contributed by atoms with van der Waals surface area (Å²) in [6.45, 7) is 8.14. The molecule has 2 amide bonds. The summed E-state index contributed by atoms with van der Waals surface area (Å²) in [6.07, 6.45) is -0.544. The predicted octanol–water partition coefficient (Wildman–Crippen LogP) is 4.78. The molecule has 6 nitrogen and oxygen atoms in total. The van der Waals surface area contributed by atoms with Crippen LogP contribution in [0, 0.1) is 5.82 Å². The average molecular weight is 448 g/mol. The first kappa shape index (κ1) is 23.0. The number of piperazine rings is 1. The van der Waals surface area contributed by atoms with E-state index in [1.165, 1.54) is 6.07 Å². The maximum absolute atomic E-state index is 14.0. The Labute approximate surface area is 186 Å². The molecule has 2 aromatic carbocycles. The zero-order chi connectivity index (χ0) is 22.6. The van der Waals surface area contributed by atoms with Gasteiger partial charge in [0.05, 0.1) is 0 Å². The van der Waals surface area contributed by atoms with Crippen LogP contribution in [0.3, 0.4) is 0 Å². The summed E-state index contributed by atoms with van der Waals surface area (Å²) in [4.78, 5) is 28.5. The number of rotatable bonds is 4. The Morgan fingerprint density at radius 3 is 2.29 bits per heavy atom. The van der Waals surface area contributed by atoms with Crippen molar-refractivity contribution in [1.82, 2.24) is 9.80 Å². The van der Waals surface area contributed by atoms with Crippen LogP contribution in [0.25, 0.3) is 0 Å². The second-order valence-corrected chi connectivity index (χ2v) is 8.88. The van der Waals surface area contributed by atoms with Gasteiger partial charge in [-0.1, -0.05) is 17.7 Å². The third-order valence-electron chi connectivity index (χ3n) is 4.88. The third-order valence-corrected chi connectivity index (χ3v) is 5.23. The number of nitrogens with zero attached hydrogens (tertiary/aromatic N) is 2. The van der Waals surface area contributed by atoms with Crippen LogP contribution in [0.1, 0.15) is 36.7 Å². The number of amides is 2. The van der Waals surface area contributed by atoms with E-state index >= 15 is 0 Å². The second-order valence-electron chi connectivity index (χ2n) is 8.47. The van der Waals surface area contributed by atoms with Crippen molar-refractivity contribution in [3.63, 3.8) is 0 Å². The van der Waals surface area contributed by atoms with Crippen LogP contribution >= 0.6 is 11.6 Å². The SMILES string of the molecule is CC(C)(C)OC(=O)Nc1ccc(C(=O)N2CCN(Cc3c(F)cccc3Cl)CC2)cc1. The summed E-state index contributed by atoms with van der Waals surface area (Å²) in [7, 11) is 0. The molecular formula is C23H27ClFN3O3. The van der Waals surface area contributed by atoms with Crippen LogP contribution in [-0.4, -0.2) is 53.6 Å². The normalized spacial score (nSPS) is 14.9. The van der Waals surface area contributed by atoms with Crippen LogP contribution in [0.15, 0.2) is 42.5 Å². The molecule has 166 valence electrons. The molecule has 0 radical (unpaired) electrons. The number of benzene rings is 2. The summed E-state index contributed by atoms with van der Waals surface area (Å²) in [6, 6.07) is 11.4. The molecule has 0 aromatic heterocycles. The van der Waals surface area contributed by atoms with Crippen LogP contribution in [0.2, 0.25) is 5.02 Å². The smallest absolute Gasteiger partial charge is 0.412 e. The van der Waals surface area contributed by atoms with Crippen molar-refractivity contribution in [2.75, 3.05) is 31.5 Å². The van der Waals surface area contributed by atoms with Gasteiger partial charge in [-0.3, -0.25) is 15.0 Å². The lowest BCUT2D eigenvalue weighted by molar-refractivity contribution is 0.0623. The van der Waals surface area contributed by atoms with Crippen molar-refractivity contribution in [3.05, 3.63) is 64.4 Å². The van der Waals surface area contributed by atoms with E-state index in [1.54, 1.807) is 62.1 Å².